The standard InChI is InChI=1S/C12H14FNO/c1-8-7-9(13)4-5-10(8)12(15)11-3-2-6-14-11/h4-5,7,11,14H,2-3,6H2,1H3. The Morgan fingerprint density at radius 2 is 2.33 bits per heavy atom. The summed E-state index contributed by atoms with van der Waals surface area (Å²) in [4.78, 5) is 12.0. The van der Waals surface area contributed by atoms with Gasteiger partial charge < -0.3 is 5.32 Å². The summed E-state index contributed by atoms with van der Waals surface area (Å²) in [5.41, 5.74) is 1.35. The van der Waals surface area contributed by atoms with E-state index < -0.39 is 0 Å². The number of benzene rings is 1. The monoisotopic (exact) mass is 207 g/mol. The van der Waals surface area contributed by atoms with E-state index in [-0.39, 0.29) is 17.6 Å². The highest BCUT2D eigenvalue weighted by atomic mass is 19.1. The molecule has 1 saturated heterocycles. The van der Waals surface area contributed by atoms with Crippen LogP contribution in [0.5, 0.6) is 0 Å². The van der Waals surface area contributed by atoms with Crippen LogP contribution in [0.2, 0.25) is 0 Å². The maximum absolute atomic E-state index is 12.9. The maximum Gasteiger partial charge on any atom is 0.179 e. The summed E-state index contributed by atoms with van der Waals surface area (Å²) in [5, 5.41) is 3.15. The number of carbonyl (C=O) groups is 1. The lowest BCUT2D eigenvalue weighted by atomic mass is 9.99. The average Bonchev–Trinajstić information content (AvgIpc) is 2.69. The number of hydrogen-bond acceptors (Lipinski definition) is 2. The highest BCUT2D eigenvalue weighted by molar-refractivity contribution is 6.01. The van der Waals surface area contributed by atoms with Gasteiger partial charge in [-0.1, -0.05) is 0 Å². The lowest BCUT2D eigenvalue weighted by Crippen LogP contribution is -2.31. The van der Waals surface area contributed by atoms with E-state index in [9.17, 15) is 9.18 Å². The van der Waals surface area contributed by atoms with Gasteiger partial charge in [0.25, 0.3) is 0 Å². The van der Waals surface area contributed by atoms with E-state index in [1.54, 1.807) is 13.0 Å². The molecule has 0 bridgehead atoms. The SMILES string of the molecule is Cc1cc(F)ccc1C(=O)C1CCCN1. The van der Waals surface area contributed by atoms with E-state index in [4.69, 9.17) is 0 Å². The van der Waals surface area contributed by atoms with Crippen LogP contribution in [0.3, 0.4) is 0 Å². The number of Topliss-reactive ketones (excluding diaryl/α,β-unsaturated/α-hetero) is 1. The molecule has 1 heterocycles. The fourth-order valence-electron chi connectivity index (χ4n) is 2.00. The van der Waals surface area contributed by atoms with E-state index in [1.165, 1.54) is 12.1 Å². The van der Waals surface area contributed by atoms with Crippen LogP contribution in [-0.4, -0.2) is 18.4 Å². The van der Waals surface area contributed by atoms with Crippen molar-refractivity contribution < 1.29 is 9.18 Å². The molecule has 1 aromatic carbocycles. The Kier molecular flexibility index (Phi) is 2.82. The Morgan fingerprint density at radius 3 is 2.93 bits per heavy atom. The van der Waals surface area contributed by atoms with Crippen LogP contribution >= 0.6 is 0 Å². The van der Waals surface area contributed by atoms with Gasteiger partial charge in [-0.25, -0.2) is 4.39 Å². The highest BCUT2D eigenvalue weighted by Crippen LogP contribution is 2.16. The zero-order valence-corrected chi connectivity index (χ0v) is 8.72. The Balaban J connectivity index is 2.24. The van der Waals surface area contributed by atoms with Gasteiger partial charge in [-0.3, -0.25) is 4.79 Å². The smallest absolute Gasteiger partial charge is 0.179 e. The first kappa shape index (κ1) is 10.3. The van der Waals surface area contributed by atoms with E-state index >= 15 is 0 Å². The first-order chi connectivity index (χ1) is 7.18. The van der Waals surface area contributed by atoms with Gasteiger partial charge in [-0.15, -0.1) is 0 Å². The van der Waals surface area contributed by atoms with Crippen molar-refractivity contribution in [2.45, 2.75) is 25.8 Å². The third kappa shape index (κ3) is 2.07. The normalized spacial score (nSPS) is 20.5. The van der Waals surface area contributed by atoms with Crippen LogP contribution in [-0.2, 0) is 0 Å². The summed E-state index contributed by atoms with van der Waals surface area (Å²) in [5.74, 6) is -0.201. The van der Waals surface area contributed by atoms with Crippen LogP contribution in [0.1, 0.15) is 28.8 Å². The second-order valence-corrected chi connectivity index (χ2v) is 3.97. The van der Waals surface area contributed by atoms with Gasteiger partial charge >= 0.3 is 0 Å². The van der Waals surface area contributed by atoms with Crippen molar-refractivity contribution in [2.75, 3.05) is 6.54 Å². The molecule has 80 valence electrons. The molecule has 1 atom stereocenters. The first-order valence-electron chi connectivity index (χ1n) is 5.22. The minimum atomic E-state index is -0.288. The van der Waals surface area contributed by atoms with Crippen molar-refractivity contribution in [3.05, 3.63) is 35.1 Å². The molecule has 1 N–H and O–H groups in total. The van der Waals surface area contributed by atoms with Crippen LogP contribution < -0.4 is 5.32 Å². The second-order valence-electron chi connectivity index (χ2n) is 3.97. The zero-order chi connectivity index (χ0) is 10.8. The molecule has 0 aliphatic carbocycles. The number of halogens is 1. The van der Waals surface area contributed by atoms with Gasteiger partial charge in [0.05, 0.1) is 6.04 Å². The molecule has 0 aromatic heterocycles. The molecular weight excluding hydrogens is 193 g/mol. The van der Waals surface area contributed by atoms with Crippen LogP contribution in [0.15, 0.2) is 18.2 Å². The van der Waals surface area contributed by atoms with Crippen LogP contribution in [0.4, 0.5) is 4.39 Å². The summed E-state index contributed by atoms with van der Waals surface area (Å²) in [7, 11) is 0. The molecule has 1 aliphatic heterocycles. The Labute approximate surface area is 88.5 Å². The number of aryl methyl sites for hydroxylation is 1. The predicted molar refractivity (Wildman–Crippen MR) is 56.5 cm³/mol. The van der Waals surface area contributed by atoms with Gasteiger partial charge in [-0.05, 0) is 50.1 Å². The molecule has 0 radical (unpaired) electrons. The minimum Gasteiger partial charge on any atom is -0.307 e. The molecule has 2 rings (SSSR count). The Bertz CT molecular complexity index is 383. The molecule has 1 fully saturated rings. The number of ketones is 1. The van der Waals surface area contributed by atoms with E-state index in [2.05, 4.69) is 5.32 Å². The number of nitrogens with one attached hydrogen (secondary N) is 1. The van der Waals surface area contributed by atoms with Gasteiger partial charge in [0.1, 0.15) is 5.82 Å². The molecule has 2 nitrogen and oxygen atoms in total. The number of rotatable bonds is 2. The molecule has 0 amide bonds. The van der Waals surface area contributed by atoms with Crippen molar-refractivity contribution in [3.8, 4) is 0 Å². The fourth-order valence-corrected chi connectivity index (χ4v) is 2.00. The molecule has 1 aliphatic rings. The minimum absolute atomic E-state index is 0.0749. The number of carbonyl (C=O) groups excluding carboxylic acids is 1. The molecule has 0 saturated carbocycles. The Hall–Kier alpha value is -1.22. The van der Waals surface area contributed by atoms with E-state index in [0.29, 0.717) is 11.1 Å². The predicted octanol–water partition coefficient (Wildman–Crippen LogP) is 2.07. The number of hydrogen-bond donors (Lipinski definition) is 1. The quantitative estimate of drug-likeness (QED) is 0.752. The largest absolute Gasteiger partial charge is 0.307 e. The van der Waals surface area contributed by atoms with E-state index in [1.807, 2.05) is 0 Å². The first-order valence-corrected chi connectivity index (χ1v) is 5.22. The van der Waals surface area contributed by atoms with Crippen LogP contribution in [0.25, 0.3) is 0 Å². The van der Waals surface area contributed by atoms with E-state index in [0.717, 1.165) is 19.4 Å². The van der Waals surface area contributed by atoms with Gasteiger partial charge in [0, 0.05) is 5.56 Å². The molecular formula is C12H14FNO. The summed E-state index contributed by atoms with van der Waals surface area (Å²) in [6.07, 6.45) is 1.92. The summed E-state index contributed by atoms with van der Waals surface area (Å²) >= 11 is 0. The fraction of sp³-hybridized carbons (Fsp3) is 0.417. The Morgan fingerprint density at radius 1 is 1.53 bits per heavy atom. The molecule has 1 unspecified atom stereocenters. The summed E-state index contributed by atoms with van der Waals surface area (Å²) in [6, 6.07) is 4.25. The molecule has 0 spiro atoms. The molecule has 3 heteroatoms. The van der Waals surface area contributed by atoms with Gasteiger partial charge in [0.15, 0.2) is 5.78 Å². The highest BCUT2D eigenvalue weighted by Gasteiger charge is 2.24. The van der Waals surface area contributed by atoms with Gasteiger partial charge in [0.2, 0.25) is 0 Å². The third-order valence-electron chi connectivity index (χ3n) is 2.83. The van der Waals surface area contributed by atoms with Crippen LogP contribution in [0, 0.1) is 12.7 Å². The van der Waals surface area contributed by atoms with Crippen molar-refractivity contribution in [2.24, 2.45) is 0 Å². The average molecular weight is 207 g/mol. The topological polar surface area (TPSA) is 29.1 Å². The zero-order valence-electron chi connectivity index (χ0n) is 8.72. The van der Waals surface area contributed by atoms with Gasteiger partial charge in [-0.2, -0.15) is 0 Å². The van der Waals surface area contributed by atoms with Crippen molar-refractivity contribution in [1.82, 2.24) is 5.32 Å². The third-order valence-corrected chi connectivity index (χ3v) is 2.83. The summed E-state index contributed by atoms with van der Waals surface area (Å²) in [6.45, 7) is 2.67. The molecule has 15 heavy (non-hydrogen) atoms. The van der Waals surface area contributed by atoms with Crippen molar-refractivity contribution in [3.63, 3.8) is 0 Å². The lowest BCUT2D eigenvalue weighted by molar-refractivity contribution is 0.0951. The molecule has 1 aromatic rings. The second kappa shape index (κ2) is 4.11. The summed E-state index contributed by atoms with van der Waals surface area (Å²) < 4.78 is 12.9. The lowest BCUT2D eigenvalue weighted by Gasteiger charge is -2.10. The van der Waals surface area contributed by atoms with Crippen molar-refractivity contribution >= 4 is 5.78 Å². The maximum atomic E-state index is 12.9. The van der Waals surface area contributed by atoms with Crippen molar-refractivity contribution in [1.29, 1.82) is 0 Å².